The van der Waals surface area contributed by atoms with Gasteiger partial charge >= 0.3 is 0 Å². The number of likely N-dealkylation sites (tertiary alicyclic amines) is 1. The SMILES string of the molecule is CC(=O)NCC(=O)N1CCC[C@]12CO[C@@H](c1ccc(F)cc1)[C@H](C(C)C)C2. The summed E-state index contributed by atoms with van der Waals surface area (Å²) in [5.74, 6) is 0.100. The Morgan fingerprint density at radius 3 is 2.67 bits per heavy atom. The van der Waals surface area contributed by atoms with E-state index < -0.39 is 0 Å². The summed E-state index contributed by atoms with van der Waals surface area (Å²) in [5.41, 5.74) is 0.681. The van der Waals surface area contributed by atoms with Crippen molar-refractivity contribution in [2.75, 3.05) is 19.7 Å². The Balaban J connectivity index is 1.79. The van der Waals surface area contributed by atoms with Crippen LogP contribution in [0, 0.1) is 17.7 Å². The van der Waals surface area contributed by atoms with Crippen LogP contribution in [-0.4, -0.2) is 41.9 Å². The highest BCUT2D eigenvalue weighted by atomic mass is 19.1. The maximum Gasteiger partial charge on any atom is 0.242 e. The summed E-state index contributed by atoms with van der Waals surface area (Å²) in [6.07, 6.45) is 2.63. The average Bonchev–Trinajstić information content (AvgIpc) is 3.03. The van der Waals surface area contributed by atoms with Gasteiger partial charge in [0.1, 0.15) is 5.82 Å². The number of hydrogen-bond donors (Lipinski definition) is 1. The average molecular weight is 376 g/mol. The molecule has 2 aliphatic rings. The molecular formula is C21H29FN2O3. The maximum absolute atomic E-state index is 13.3. The van der Waals surface area contributed by atoms with Gasteiger partial charge in [0.2, 0.25) is 11.8 Å². The summed E-state index contributed by atoms with van der Waals surface area (Å²) < 4.78 is 19.6. The van der Waals surface area contributed by atoms with Gasteiger partial charge in [-0.05, 0) is 48.8 Å². The lowest BCUT2D eigenvalue weighted by atomic mass is 9.74. The molecule has 5 nitrogen and oxygen atoms in total. The monoisotopic (exact) mass is 376 g/mol. The number of carbonyl (C=O) groups excluding carboxylic acids is 2. The molecule has 1 spiro atoms. The van der Waals surface area contributed by atoms with Crippen molar-refractivity contribution in [2.45, 2.75) is 51.7 Å². The van der Waals surface area contributed by atoms with Gasteiger partial charge in [0.05, 0.1) is 24.8 Å². The summed E-state index contributed by atoms with van der Waals surface area (Å²) in [6, 6.07) is 6.53. The fourth-order valence-electron chi connectivity index (χ4n) is 4.54. The van der Waals surface area contributed by atoms with E-state index in [1.807, 2.05) is 4.90 Å². The number of nitrogens with one attached hydrogen (secondary N) is 1. The zero-order chi connectivity index (χ0) is 19.6. The lowest BCUT2D eigenvalue weighted by Crippen LogP contribution is -2.57. The van der Waals surface area contributed by atoms with Crippen molar-refractivity contribution in [3.63, 3.8) is 0 Å². The molecule has 3 rings (SSSR count). The number of ether oxygens (including phenoxy) is 1. The van der Waals surface area contributed by atoms with Crippen LogP contribution in [0.3, 0.4) is 0 Å². The predicted molar refractivity (Wildman–Crippen MR) is 100 cm³/mol. The normalized spacial score (nSPS) is 28.0. The van der Waals surface area contributed by atoms with E-state index in [-0.39, 0.29) is 41.7 Å². The minimum Gasteiger partial charge on any atom is -0.371 e. The first-order valence-corrected chi connectivity index (χ1v) is 9.74. The number of carbonyl (C=O) groups is 2. The largest absolute Gasteiger partial charge is 0.371 e. The summed E-state index contributed by atoms with van der Waals surface area (Å²) in [6.45, 7) is 6.96. The third-order valence-electron chi connectivity index (χ3n) is 5.98. The number of benzene rings is 1. The van der Waals surface area contributed by atoms with Crippen LogP contribution in [-0.2, 0) is 14.3 Å². The van der Waals surface area contributed by atoms with Crippen LogP contribution < -0.4 is 5.32 Å². The third kappa shape index (κ3) is 4.15. The second-order valence-electron chi connectivity index (χ2n) is 8.18. The first-order valence-electron chi connectivity index (χ1n) is 9.74. The summed E-state index contributed by atoms with van der Waals surface area (Å²) in [5, 5.41) is 2.61. The van der Waals surface area contributed by atoms with Gasteiger partial charge in [-0.25, -0.2) is 4.39 Å². The van der Waals surface area contributed by atoms with Gasteiger partial charge in [-0.1, -0.05) is 26.0 Å². The third-order valence-corrected chi connectivity index (χ3v) is 5.98. The van der Waals surface area contributed by atoms with Crippen LogP contribution in [0.15, 0.2) is 24.3 Å². The Hall–Kier alpha value is -1.95. The lowest BCUT2D eigenvalue weighted by molar-refractivity contribution is -0.152. The van der Waals surface area contributed by atoms with E-state index in [9.17, 15) is 14.0 Å². The second-order valence-corrected chi connectivity index (χ2v) is 8.18. The Kier molecular flexibility index (Phi) is 5.84. The number of rotatable bonds is 4. The molecule has 0 aromatic heterocycles. The number of nitrogens with zero attached hydrogens (tertiary/aromatic N) is 1. The number of hydrogen-bond acceptors (Lipinski definition) is 3. The topological polar surface area (TPSA) is 58.6 Å². The molecule has 2 fully saturated rings. The molecule has 2 amide bonds. The van der Waals surface area contributed by atoms with Crippen LogP contribution in [0.1, 0.15) is 51.7 Å². The van der Waals surface area contributed by atoms with Gasteiger partial charge in [0, 0.05) is 13.5 Å². The molecule has 2 aliphatic heterocycles. The van der Waals surface area contributed by atoms with Crippen molar-refractivity contribution in [2.24, 2.45) is 11.8 Å². The van der Waals surface area contributed by atoms with Crippen molar-refractivity contribution >= 4 is 11.8 Å². The summed E-state index contributed by atoms with van der Waals surface area (Å²) in [4.78, 5) is 25.8. The van der Waals surface area contributed by atoms with E-state index in [1.54, 1.807) is 12.1 Å². The summed E-state index contributed by atoms with van der Waals surface area (Å²) in [7, 11) is 0. The van der Waals surface area contributed by atoms with Gasteiger partial charge in [0.15, 0.2) is 0 Å². The zero-order valence-electron chi connectivity index (χ0n) is 16.3. The van der Waals surface area contributed by atoms with Crippen LogP contribution in [0.2, 0.25) is 0 Å². The van der Waals surface area contributed by atoms with E-state index >= 15 is 0 Å². The van der Waals surface area contributed by atoms with Crippen molar-refractivity contribution in [1.82, 2.24) is 10.2 Å². The molecular weight excluding hydrogens is 347 g/mol. The highest BCUT2D eigenvalue weighted by Gasteiger charge is 2.50. The highest BCUT2D eigenvalue weighted by Crippen LogP contribution is 2.47. The van der Waals surface area contributed by atoms with Crippen molar-refractivity contribution in [3.8, 4) is 0 Å². The van der Waals surface area contributed by atoms with Crippen molar-refractivity contribution < 1.29 is 18.7 Å². The molecule has 0 saturated carbocycles. The molecule has 2 heterocycles. The first kappa shape index (κ1) is 19.8. The summed E-state index contributed by atoms with van der Waals surface area (Å²) >= 11 is 0. The van der Waals surface area contributed by atoms with Crippen molar-refractivity contribution in [1.29, 1.82) is 0 Å². The Labute approximate surface area is 160 Å². The van der Waals surface area contributed by atoms with Crippen LogP contribution in [0.4, 0.5) is 4.39 Å². The minimum atomic E-state index is -0.305. The van der Waals surface area contributed by atoms with Crippen LogP contribution in [0.5, 0.6) is 0 Å². The molecule has 1 N–H and O–H groups in total. The molecule has 2 saturated heterocycles. The zero-order valence-corrected chi connectivity index (χ0v) is 16.3. The fourth-order valence-corrected chi connectivity index (χ4v) is 4.54. The number of halogens is 1. The Bertz CT molecular complexity index is 691. The molecule has 148 valence electrons. The van der Waals surface area contributed by atoms with Crippen LogP contribution >= 0.6 is 0 Å². The Morgan fingerprint density at radius 2 is 2.04 bits per heavy atom. The molecule has 6 heteroatoms. The first-order chi connectivity index (χ1) is 12.8. The molecule has 0 aliphatic carbocycles. The Morgan fingerprint density at radius 1 is 1.33 bits per heavy atom. The highest BCUT2D eigenvalue weighted by molar-refractivity contribution is 5.84. The molecule has 0 unspecified atom stereocenters. The lowest BCUT2D eigenvalue weighted by Gasteiger charge is -2.48. The minimum absolute atomic E-state index is 0.0326. The molecule has 1 aromatic carbocycles. The fraction of sp³-hybridized carbons (Fsp3) is 0.619. The van der Waals surface area contributed by atoms with Gasteiger partial charge in [-0.2, -0.15) is 0 Å². The molecule has 27 heavy (non-hydrogen) atoms. The smallest absolute Gasteiger partial charge is 0.242 e. The van der Waals surface area contributed by atoms with Gasteiger partial charge in [-0.15, -0.1) is 0 Å². The van der Waals surface area contributed by atoms with E-state index in [0.29, 0.717) is 19.1 Å². The van der Waals surface area contributed by atoms with E-state index in [4.69, 9.17) is 4.74 Å². The standard InChI is InChI=1S/C21H29FN2O3/c1-14(2)18-11-21(9-4-10-24(21)19(26)12-23-15(3)25)13-27-20(18)16-5-7-17(22)8-6-16/h5-8,14,18,20H,4,9-13H2,1-3H3,(H,23,25)/t18-,20-,21-/m0/s1. The predicted octanol–water partition coefficient (Wildman–Crippen LogP) is 3.06. The molecule has 1 aromatic rings. The van der Waals surface area contributed by atoms with Gasteiger partial charge in [0.25, 0.3) is 0 Å². The van der Waals surface area contributed by atoms with Crippen molar-refractivity contribution in [3.05, 3.63) is 35.6 Å². The molecule has 0 radical (unpaired) electrons. The van der Waals surface area contributed by atoms with E-state index in [1.165, 1.54) is 19.1 Å². The van der Waals surface area contributed by atoms with E-state index in [2.05, 4.69) is 19.2 Å². The number of amides is 2. The van der Waals surface area contributed by atoms with E-state index in [0.717, 1.165) is 24.8 Å². The van der Waals surface area contributed by atoms with Gasteiger partial charge < -0.3 is 15.0 Å². The maximum atomic E-state index is 13.3. The van der Waals surface area contributed by atoms with Crippen LogP contribution in [0.25, 0.3) is 0 Å². The second kappa shape index (κ2) is 7.97. The molecule has 3 atom stereocenters. The quantitative estimate of drug-likeness (QED) is 0.879. The molecule has 0 bridgehead atoms. The van der Waals surface area contributed by atoms with Gasteiger partial charge in [-0.3, -0.25) is 9.59 Å².